The number of rotatable bonds is 3. The predicted molar refractivity (Wildman–Crippen MR) is 83.7 cm³/mol. The van der Waals surface area contributed by atoms with E-state index in [9.17, 15) is 14.4 Å². The van der Waals surface area contributed by atoms with Crippen LogP contribution >= 0.6 is 0 Å². The van der Waals surface area contributed by atoms with Crippen LogP contribution in [0.15, 0.2) is 54.6 Å². The molecule has 3 aromatic rings. The zero-order valence-corrected chi connectivity index (χ0v) is 12.3. The lowest BCUT2D eigenvalue weighted by Crippen LogP contribution is -2.01. The van der Waals surface area contributed by atoms with Crippen molar-refractivity contribution in [3.8, 4) is 23.0 Å². The molecule has 112 valence electrons. The van der Waals surface area contributed by atoms with Crippen molar-refractivity contribution in [1.29, 1.82) is 5.26 Å². The van der Waals surface area contributed by atoms with Gasteiger partial charge < -0.3 is 0 Å². The smallest absolute Gasteiger partial charge is 0.181 e. The average molecular weight is 305 g/mol. The van der Waals surface area contributed by atoms with E-state index >= 15 is 0 Å². The topological polar surface area (TPSA) is 58.7 Å². The number of ketones is 1. The molecule has 0 aliphatic carbocycles. The third kappa shape index (κ3) is 2.62. The van der Waals surface area contributed by atoms with E-state index in [1.54, 1.807) is 12.1 Å². The van der Waals surface area contributed by atoms with Crippen LogP contribution in [0.1, 0.15) is 23.0 Å². The molecule has 2 aromatic carbocycles. The third-order valence-corrected chi connectivity index (χ3v) is 3.45. The molecule has 0 aliphatic heterocycles. The van der Waals surface area contributed by atoms with Crippen LogP contribution < -0.4 is 0 Å². The van der Waals surface area contributed by atoms with Gasteiger partial charge in [-0.2, -0.15) is 10.4 Å². The summed E-state index contributed by atoms with van der Waals surface area (Å²) in [5, 5.41) is 13.8. The van der Waals surface area contributed by atoms with E-state index in [-0.39, 0.29) is 22.9 Å². The number of carbonyl (C=O) groups is 1. The van der Waals surface area contributed by atoms with E-state index in [4.69, 9.17) is 0 Å². The van der Waals surface area contributed by atoms with Crippen LogP contribution in [0, 0.1) is 17.1 Å². The van der Waals surface area contributed by atoms with Gasteiger partial charge in [-0.3, -0.25) is 4.79 Å². The molecular weight excluding hydrogens is 293 g/mol. The first-order valence-electron chi connectivity index (χ1n) is 6.97. The Kier molecular flexibility index (Phi) is 3.73. The highest BCUT2D eigenvalue weighted by molar-refractivity contribution is 5.97. The van der Waals surface area contributed by atoms with E-state index < -0.39 is 0 Å². The van der Waals surface area contributed by atoms with E-state index in [0.29, 0.717) is 11.4 Å². The Morgan fingerprint density at radius 2 is 1.78 bits per heavy atom. The number of Topliss-reactive ketones (excluding diaryl/α,β-unsaturated/α-hetero) is 1. The van der Waals surface area contributed by atoms with Crippen molar-refractivity contribution >= 4 is 5.78 Å². The first-order valence-corrected chi connectivity index (χ1v) is 6.97. The number of nitriles is 1. The number of hydrogen-bond donors (Lipinski definition) is 0. The lowest BCUT2D eigenvalue weighted by atomic mass is 10.0. The third-order valence-electron chi connectivity index (χ3n) is 3.45. The highest BCUT2D eigenvalue weighted by Crippen LogP contribution is 2.29. The van der Waals surface area contributed by atoms with E-state index in [2.05, 4.69) is 11.2 Å². The minimum absolute atomic E-state index is 0.107. The molecule has 1 heterocycles. The van der Waals surface area contributed by atoms with Gasteiger partial charge in [-0.25, -0.2) is 9.07 Å². The van der Waals surface area contributed by atoms with Crippen LogP contribution in [-0.2, 0) is 0 Å². The summed E-state index contributed by atoms with van der Waals surface area (Å²) in [4.78, 5) is 11.8. The summed E-state index contributed by atoms with van der Waals surface area (Å²) in [6.07, 6.45) is 0. The van der Waals surface area contributed by atoms with Crippen molar-refractivity contribution in [2.75, 3.05) is 0 Å². The van der Waals surface area contributed by atoms with Crippen LogP contribution in [0.2, 0.25) is 0 Å². The summed E-state index contributed by atoms with van der Waals surface area (Å²) in [6.45, 7) is 1.37. The number of aromatic nitrogens is 2. The Morgan fingerprint density at radius 3 is 2.35 bits per heavy atom. The molecule has 0 N–H and O–H groups in total. The molecule has 23 heavy (non-hydrogen) atoms. The summed E-state index contributed by atoms with van der Waals surface area (Å²) >= 11 is 0. The lowest BCUT2D eigenvalue weighted by Gasteiger charge is -2.08. The number of carbonyl (C=O) groups excluding carboxylic acids is 1. The maximum atomic E-state index is 13.2. The molecule has 5 heteroatoms. The summed E-state index contributed by atoms with van der Waals surface area (Å²) in [5.41, 5.74) is 2.18. The molecule has 0 saturated heterocycles. The molecular formula is C18H12FN3O. The first kappa shape index (κ1) is 14.7. The van der Waals surface area contributed by atoms with E-state index in [1.807, 2.05) is 30.3 Å². The fourth-order valence-corrected chi connectivity index (χ4v) is 2.40. The first-order chi connectivity index (χ1) is 11.1. The molecule has 0 spiro atoms. The monoisotopic (exact) mass is 305 g/mol. The SMILES string of the molecule is CC(=O)c1nn(-c2ccc(F)cc2)c(-c2ccccc2)c1C#N. The highest BCUT2D eigenvalue weighted by Gasteiger charge is 2.22. The van der Waals surface area contributed by atoms with E-state index in [1.165, 1.54) is 23.7 Å². The van der Waals surface area contributed by atoms with Gasteiger partial charge >= 0.3 is 0 Å². The minimum atomic E-state index is -0.366. The summed E-state index contributed by atoms with van der Waals surface area (Å²) in [7, 11) is 0. The van der Waals surface area contributed by atoms with Gasteiger partial charge in [-0.15, -0.1) is 0 Å². The Balaban J connectivity index is 2.33. The molecule has 0 bridgehead atoms. The maximum absolute atomic E-state index is 13.2. The largest absolute Gasteiger partial charge is 0.293 e. The Labute approximate surface area is 132 Å². The second-order valence-corrected chi connectivity index (χ2v) is 4.99. The molecule has 3 rings (SSSR count). The lowest BCUT2D eigenvalue weighted by molar-refractivity contribution is 0.101. The van der Waals surface area contributed by atoms with Crippen LogP contribution in [-0.4, -0.2) is 15.6 Å². The standard InChI is InChI=1S/C18H12FN3O/c1-12(23)17-16(11-20)18(13-5-3-2-4-6-13)22(21-17)15-9-7-14(19)8-10-15/h2-10H,1H3. The van der Waals surface area contributed by atoms with Crippen LogP contribution in [0.3, 0.4) is 0 Å². The highest BCUT2D eigenvalue weighted by atomic mass is 19.1. The average Bonchev–Trinajstić information content (AvgIpc) is 2.96. The van der Waals surface area contributed by atoms with Crippen molar-refractivity contribution in [1.82, 2.24) is 9.78 Å². The van der Waals surface area contributed by atoms with Gasteiger partial charge in [-0.1, -0.05) is 30.3 Å². The van der Waals surface area contributed by atoms with Gasteiger partial charge in [0.1, 0.15) is 23.1 Å². The molecule has 0 saturated carbocycles. The predicted octanol–water partition coefficient (Wildman–Crippen LogP) is 3.75. The minimum Gasteiger partial charge on any atom is -0.293 e. The van der Waals surface area contributed by atoms with Crippen molar-refractivity contribution in [2.45, 2.75) is 6.92 Å². The van der Waals surface area contributed by atoms with Crippen LogP contribution in [0.25, 0.3) is 16.9 Å². The van der Waals surface area contributed by atoms with Crippen LogP contribution in [0.5, 0.6) is 0 Å². The van der Waals surface area contributed by atoms with Gasteiger partial charge in [-0.05, 0) is 24.3 Å². The fraction of sp³-hybridized carbons (Fsp3) is 0.0556. The van der Waals surface area contributed by atoms with Crippen molar-refractivity contribution in [2.24, 2.45) is 0 Å². The van der Waals surface area contributed by atoms with Gasteiger partial charge in [0.2, 0.25) is 0 Å². The second-order valence-electron chi connectivity index (χ2n) is 4.99. The molecule has 4 nitrogen and oxygen atoms in total. The molecule has 0 unspecified atom stereocenters. The zero-order valence-electron chi connectivity index (χ0n) is 12.3. The second kappa shape index (κ2) is 5.85. The molecule has 1 aromatic heterocycles. The van der Waals surface area contributed by atoms with Crippen molar-refractivity contribution in [3.05, 3.63) is 71.7 Å². The van der Waals surface area contributed by atoms with Crippen LogP contribution in [0.4, 0.5) is 4.39 Å². The summed E-state index contributed by atoms with van der Waals surface area (Å²) in [6, 6.07) is 17.0. The number of hydrogen-bond acceptors (Lipinski definition) is 3. The molecule has 0 atom stereocenters. The molecule has 0 fully saturated rings. The normalized spacial score (nSPS) is 10.3. The number of halogens is 1. The Hall–Kier alpha value is -3.26. The van der Waals surface area contributed by atoms with Crippen molar-refractivity contribution < 1.29 is 9.18 Å². The fourth-order valence-electron chi connectivity index (χ4n) is 2.40. The van der Waals surface area contributed by atoms with Crippen molar-refractivity contribution in [3.63, 3.8) is 0 Å². The zero-order chi connectivity index (χ0) is 16.4. The summed E-state index contributed by atoms with van der Waals surface area (Å²) < 4.78 is 14.7. The number of nitrogens with zero attached hydrogens (tertiary/aromatic N) is 3. The molecule has 0 amide bonds. The quantitative estimate of drug-likeness (QED) is 0.692. The van der Waals surface area contributed by atoms with E-state index in [0.717, 1.165) is 5.56 Å². The van der Waals surface area contributed by atoms with Gasteiger partial charge in [0.05, 0.1) is 11.4 Å². The van der Waals surface area contributed by atoms with Gasteiger partial charge in [0.25, 0.3) is 0 Å². The Morgan fingerprint density at radius 1 is 1.13 bits per heavy atom. The Bertz CT molecular complexity index is 906. The molecule has 0 aliphatic rings. The van der Waals surface area contributed by atoms with Gasteiger partial charge in [0.15, 0.2) is 5.78 Å². The maximum Gasteiger partial charge on any atom is 0.181 e. The molecule has 0 radical (unpaired) electrons. The summed E-state index contributed by atoms with van der Waals surface area (Å²) in [5.74, 6) is -0.658. The van der Waals surface area contributed by atoms with Gasteiger partial charge in [0, 0.05) is 12.5 Å². The number of benzene rings is 2.